The summed E-state index contributed by atoms with van der Waals surface area (Å²) in [7, 11) is -2.87. The molecule has 0 amide bonds. The normalized spacial score (nSPS) is 13.0. The standard InChI is InChI=1S/C22H19Cl2F4N2O3P/c1-11(19-15(23)6-7-16(25)20(19)24)32-18-8-12(10-30-21(18)29)14-5-4-13(34(2,3)31)9-17(14)33-22(26,27)28/h4-11H,1-3H3,(H2,29,30). The molecule has 0 fully saturated rings. The Morgan fingerprint density at radius 2 is 1.76 bits per heavy atom. The molecule has 12 heteroatoms. The van der Waals surface area contributed by atoms with Crippen molar-refractivity contribution < 1.29 is 31.6 Å². The molecule has 0 aliphatic rings. The van der Waals surface area contributed by atoms with Crippen molar-refractivity contribution in [1.29, 1.82) is 0 Å². The maximum absolute atomic E-state index is 13.9. The van der Waals surface area contributed by atoms with Gasteiger partial charge in [0.05, 0.1) is 5.02 Å². The molecule has 0 radical (unpaired) electrons. The van der Waals surface area contributed by atoms with E-state index in [-0.39, 0.29) is 43.6 Å². The van der Waals surface area contributed by atoms with Gasteiger partial charge in [-0.2, -0.15) is 0 Å². The molecule has 1 unspecified atom stereocenters. The topological polar surface area (TPSA) is 74.4 Å². The van der Waals surface area contributed by atoms with Crippen molar-refractivity contribution in [1.82, 2.24) is 4.98 Å². The Morgan fingerprint density at radius 3 is 2.38 bits per heavy atom. The van der Waals surface area contributed by atoms with Gasteiger partial charge in [0, 0.05) is 33.2 Å². The second-order valence-electron chi connectivity index (χ2n) is 7.70. The van der Waals surface area contributed by atoms with E-state index < -0.39 is 31.2 Å². The number of nitrogens with two attached hydrogens (primary N) is 1. The van der Waals surface area contributed by atoms with Gasteiger partial charge < -0.3 is 19.8 Å². The van der Waals surface area contributed by atoms with Gasteiger partial charge in [0.15, 0.2) is 11.6 Å². The molecule has 0 aliphatic carbocycles. The molecule has 5 nitrogen and oxygen atoms in total. The lowest BCUT2D eigenvalue weighted by Crippen LogP contribution is -2.19. The zero-order valence-corrected chi connectivity index (χ0v) is 20.5. The van der Waals surface area contributed by atoms with Crippen molar-refractivity contribution in [2.75, 3.05) is 19.1 Å². The van der Waals surface area contributed by atoms with Crippen molar-refractivity contribution in [3.63, 3.8) is 0 Å². The molecule has 2 N–H and O–H groups in total. The summed E-state index contributed by atoms with van der Waals surface area (Å²) in [6.45, 7) is 4.41. The average Bonchev–Trinajstić information content (AvgIpc) is 2.71. The predicted octanol–water partition coefficient (Wildman–Crippen LogP) is 7.06. The van der Waals surface area contributed by atoms with Crippen LogP contribution in [0.5, 0.6) is 11.5 Å². The highest BCUT2D eigenvalue weighted by atomic mass is 35.5. The smallest absolute Gasteiger partial charge is 0.482 e. The number of rotatable bonds is 6. The van der Waals surface area contributed by atoms with E-state index in [1.54, 1.807) is 6.92 Å². The van der Waals surface area contributed by atoms with Gasteiger partial charge >= 0.3 is 6.36 Å². The van der Waals surface area contributed by atoms with Crippen LogP contribution in [0, 0.1) is 5.82 Å². The minimum absolute atomic E-state index is 0.0000782. The zero-order valence-electron chi connectivity index (χ0n) is 18.1. The lowest BCUT2D eigenvalue weighted by atomic mass is 10.1. The molecular weight excluding hydrogens is 518 g/mol. The van der Waals surface area contributed by atoms with Gasteiger partial charge in [-0.25, -0.2) is 9.37 Å². The number of hydrogen-bond donors (Lipinski definition) is 1. The number of nitrogens with zero attached hydrogens (tertiary/aromatic N) is 1. The Kier molecular flexibility index (Phi) is 7.41. The lowest BCUT2D eigenvalue weighted by Gasteiger charge is -2.20. The first-order chi connectivity index (χ1) is 15.7. The fourth-order valence-corrected chi connectivity index (χ4v) is 4.69. The van der Waals surface area contributed by atoms with Crippen LogP contribution in [0.1, 0.15) is 18.6 Å². The van der Waals surface area contributed by atoms with E-state index in [0.29, 0.717) is 0 Å². The van der Waals surface area contributed by atoms with Crippen molar-refractivity contribution in [2.24, 2.45) is 0 Å². The van der Waals surface area contributed by atoms with Gasteiger partial charge in [-0.3, -0.25) is 0 Å². The summed E-state index contributed by atoms with van der Waals surface area (Å²) in [5, 5.41) is 0.128. The molecule has 34 heavy (non-hydrogen) atoms. The number of pyridine rings is 1. The zero-order chi connectivity index (χ0) is 25.4. The summed E-state index contributed by atoms with van der Waals surface area (Å²) in [6.07, 6.45) is -4.63. The first-order valence-electron chi connectivity index (χ1n) is 9.68. The SMILES string of the molecule is CC(Oc1cc(-c2ccc(P(C)(C)=O)cc2OC(F)(F)F)cnc1N)c1c(Cl)ccc(F)c1Cl. The number of hydrogen-bond acceptors (Lipinski definition) is 5. The third-order valence-corrected chi connectivity index (χ3v) is 7.03. The number of alkyl halides is 3. The molecule has 3 aromatic rings. The number of benzene rings is 2. The number of anilines is 1. The third-order valence-electron chi connectivity index (χ3n) is 4.80. The molecule has 0 bridgehead atoms. The van der Waals surface area contributed by atoms with Gasteiger partial charge in [-0.1, -0.05) is 29.3 Å². The van der Waals surface area contributed by atoms with Gasteiger partial charge in [0.1, 0.15) is 24.8 Å². The Labute approximate surface area is 203 Å². The van der Waals surface area contributed by atoms with Crippen molar-refractivity contribution in [3.8, 4) is 22.6 Å². The molecule has 182 valence electrons. The van der Waals surface area contributed by atoms with Crippen LogP contribution in [0.2, 0.25) is 10.0 Å². The van der Waals surface area contributed by atoms with E-state index >= 15 is 0 Å². The van der Waals surface area contributed by atoms with Crippen molar-refractivity contribution >= 4 is 41.5 Å². The highest BCUT2D eigenvalue weighted by molar-refractivity contribution is 7.70. The average molecular weight is 537 g/mol. The Balaban J connectivity index is 2.05. The number of halogens is 6. The number of nitrogen functional groups attached to an aromatic ring is 1. The highest BCUT2D eigenvalue weighted by Crippen LogP contribution is 2.42. The summed E-state index contributed by atoms with van der Waals surface area (Å²) >= 11 is 12.2. The van der Waals surface area contributed by atoms with E-state index in [9.17, 15) is 22.1 Å². The summed E-state index contributed by atoms with van der Waals surface area (Å²) < 4.78 is 75.5. The second kappa shape index (κ2) is 9.64. The molecule has 0 spiro atoms. The van der Waals surface area contributed by atoms with Gasteiger partial charge in [0.2, 0.25) is 0 Å². The highest BCUT2D eigenvalue weighted by Gasteiger charge is 2.33. The molecule has 0 saturated carbocycles. The fraction of sp³-hybridized carbons (Fsp3) is 0.227. The fourth-order valence-electron chi connectivity index (χ4n) is 3.16. The maximum Gasteiger partial charge on any atom is 0.573 e. The third kappa shape index (κ3) is 5.95. The number of ether oxygens (including phenoxy) is 2. The summed E-state index contributed by atoms with van der Waals surface area (Å²) in [5.74, 6) is -1.33. The molecular formula is C22H19Cl2F4N2O3P. The van der Waals surface area contributed by atoms with Crippen LogP contribution in [0.25, 0.3) is 11.1 Å². The Hall–Kier alpha value is -2.48. The van der Waals surface area contributed by atoms with Crippen LogP contribution in [0.4, 0.5) is 23.4 Å². The minimum atomic E-state index is -4.99. The lowest BCUT2D eigenvalue weighted by molar-refractivity contribution is -0.274. The van der Waals surface area contributed by atoms with Crippen LogP contribution >= 0.6 is 30.3 Å². The predicted molar refractivity (Wildman–Crippen MR) is 125 cm³/mol. The van der Waals surface area contributed by atoms with E-state index in [0.717, 1.165) is 12.1 Å². The molecule has 0 aliphatic heterocycles. The van der Waals surface area contributed by atoms with Crippen LogP contribution in [0.3, 0.4) is 0 Å². The summed E-state index contributed by atoms with van der Waals surface area (Å²) in [6, 6.07) is 7.65. The van der Waals surface area contributed by atoms with Crippen molar-refractivity contribution in [2.45, 2.75) is 19.4 Å². The van der Waals surface area contributed by atoms with Crippen LogP contribution in [-0.2, 0) is 4.57 Å². The van der Waals surface area contributed by atoms with Gasteiger partial charge in [0.25, 0.3) is 0 Å². The molecule has 1 atom stereocenters. The molecule has 0 saturated heterocycles. The summed E-state index contributed by atoms with van der Waals surface area (Å²) in [4.78, 5) is 3.99. The Morgan fingerprint density at radius 1 is 1.09 bits per heavy atom. The van der Waals surface area contributed by atoms with Gasteiger partial charge in [-0.15, -0.1) is 13.2 Å². The molecule has 1 aromatic heterocycles. The van der Waals surface area contributed by atoms with Crippen LogP contribution < -0.4 is 20.5 Å². The van der Waals surface area contributed by atoms with Gasteiger partial charge in [-0.05, 0) is 50.6 Å². The quantitative estimate of drug-likeness (QED) is 0.207. The monoisotopic (exact) mass is 536 g/mol. The molecule has 3 rings (SSSR count). The van der Waals surface area contributed by atoms with Crippen molar-refractivity contribution in [3.05, 3.63) is 64.0 Å². The van der Waals surface area contributed by atoms with E-state index in [4.69, 9.17) is 33.7 Å². The van der Waals surface area contributed by atoms with Crippen LogP contribution in [-0.4, -0.2) is 24.7 Å². The van der Waals surface area contributed by atoms with E-state index in [1.165, 1.54) is 43.8 Å². The minimum Gasteiger partial charge on any atom is -0.482 e. The second-order valence-corrected chi connectivity index (χ2v) is 11.7. The van der Waals surface area contributed by atoms with E-state index in [2.05, 4.69) is 9.72 Å². The van der Waals surface area contributed by atoms with Crippen LogP contribution in [0.15, 0.2) is 42.6 Å². The van der Waals surface area contributed by atoms with E-state index in [1.807, 2.05) is 0 Å². The largest absolute Gasteiger partial charge is 0.573 e. The maximum atomic E-state index is 13.9. The molecule has 2 aromatic carbocycles. The summed E-state index contributed by atoms with van der Waals surface area (Å²) in [5.41, 5.74) is 6.26. The first-order valence-corrected chi connectivity index (χ1v) is 13.0. The molecule has 1 heterocycles. The number of aromatic nitrogens is 1. The Bertz CT molecular complexity index is 1280. The first kappa shape index (κ1) is 26.1.